The molecular formula is C13H23N5O2S. The molecule has 0 bridgehead atoms. The molecule has 0 atom stereocenters. The van der Waals surface area contributed by atoms with Gasteiger partial charge in [0.2, 0.25) is 10.3 Å². The molecule has 2 rings (SSSR count). The van der Waals surface area contributed by atoms with Crippen LogP contribution in [0.3, 0.4) is 0 Å². The van der Waals surface area contributed by atoms with Gasteiger partial charge in [-0.15, -0.1) is 10.2 Å². The second-order valence-electron chi connectivity index (χ2n) is 6.60. The van der Waals surface area contributed by atoms with Crippen LogP contribution in [0.2, 0.25) is 0 Å². The molecule has 1 fully saturated rings. The summed E-state index contributed by atoms with van der Waals surface area (Å²) in [5, 5.41) is 12.2. The van der Waals surface area contributed by atoms with E-state index in [9.17, 15) is 4.79 Å². The van der Waals surface area contributed by atoms with E-state index in [1.54, 1.807) is 0 Å². The predicted octanol–water partition coefficient (Wildman–Crippen LogP) is 2.00. The number of nitrogen functional groups attached to an aromatic ring is 1. The molecule has 1 saturated heterocycles. The van der Waals surface area contributed by atoms with E-state index in [0.29, 0.717) is 5.13 Å². The van der Waals surface area contributed by atoms with Crippen molar-refractivity contribution in [3.8, 4) is 0 Å². The summed E-state index contributed by atoms with van der Waals surface area (Å²) in [5.41, 5.74) is 4.87. The molecule has 7 nitrogen and oxygen atoms in total. The van der Waals surface area contributed by atoms with Gasteiger partial charge >= 0.3 is 6.09 Å². The number of alkyl carbamates (subject to hydrolysis) is 1. The lowest BCUT2D eigenvalue weighted by molar-refractivity contribution is 0.0448. The maximum Gasteiger partial charge on any atom is 0.408 e. The van der Waals surface area contributed by atoms with Crippen LogP contribution in [0.25, 0.3) is 0 Å². The number of hydrogen-bond acceptors (Lipinski definition) is 7. The maximum absolute atomic E-state index is 11.9. The first kappa shape index (κ1) is 15.8. The molecule has 1 aromatic rings. The van der Waals surface area contributed by atoms with E-state index in [-0.39, 0.29) is 11.6 Å². The number of hydrogen-bond donors (Lipinski definition) is 2. The summed E-state index contributed by atoms with van der Waals surface area (Å²) in [7, 11) is 0. The molecule has 1 amide bonds. The first-order chi connectivity index (χ1) is 9.67. The van der Waals surface area contributed by atoms with Crippen LogP contribution in [0.5, 0.6) is 0 Å². The van der Waals surface area contributed by atoms with E-state index in [4.69, 9.17) is 10.5 Å². The molecule has 0 aliphatic carbocycles. The Hall–Kier alpha value is -1.57. The average Bonchev–Trinajstić information content (AvgIpc) is 2.73. The van der Waals surface area contributed by atoms with Crippen LogP contribution in [0.4, 0.5) is 15.1 Å². The number of rotatable bonds is 2. The minimum absolute atomic E-state index is 0.255. The van der Waals surface area contributed by atoms with Gasteiger partial charge in [-0.3, -0.25) is 0 Å². The third-order valence-corrected chi connectivity index (χ3v) is 4.18. The standard InChI is InChI=1S/C13H23N5O2S/c1-12(2,3)20-11(19)15-13(4)5-7-18(8-6-13)10-17-16-9(14)21-10/h5-8H2,1-4H3,(H2,14,16)(H,15,19). The molecule has 3 N–H and O–H groups in total. The highest BCUT2D eigenvalue weighted by atomic mass is 32.1. The van der Waals surface area contributed by atoms with E-state index < -0.39 is 5.60 Å². The van der Waals surface area contributed by atoms with Crippen LogP contribution >= 0.6 is 11.3 Å². The van der Waals surface area contributed by atoms with Crippen molar-refractivity contribution in [2.45, 2.75) is 51.7 Å². The largest absolute Gasteiger partial charge is 0.444 e. The Balaban J connectivity index is 1.88. The van der Waals surface area contributed by atoms with Gasteiger partial charge in [0, 0.05) is 18.6 Å². The molecule has 2 heterocycles. The number of amides is 1. The third kappa shape index (κ3) is 4.45. The van der Waals surface area contributed by atoms with Crippen molar-refractivity contribution in [3.63, 3.8) is 0 Å². The Morgan fingerprint density at radius 3 is 2.48 bits per heavy atom. The topological polar surface area (TPSA) is 93.4 Å². The summed E-state index contributed by atoms with van der Waals surface area (Å²) < 4.78 is 5.32. The zero-order valence-corrected chi connectivity index (χ0v) is 13.8. The van der Waals surface area contributed by atoms with Crippen molar-refractivity contribution in [2.24, 2.45) is 0 Å². The van der Waals surface area contributed by atoms with Gasteiger partial charge in [0.15, 0.2) is 0 Å². The van der Waals surface area contributed by atoms with Gasteiger partial charge in [-0.1, -0.05) is 11.3 Å². The molecule has 1 aromatic heterocycles. The Labute approximate surface area is 128 Å². The number of ether oxygens (including phenoxy) is 1. The fraction of sp³-hybridized carbons (Fsp3) is 0.769. The van der Waals surface area contributed by atoms with Crippen LogP contribution in [0.1, 0.15) is 40.5 Å². The second kappa shape index (κ2) is 5.67. The molecule has 0 radical (unpaired) electrons. The molecule has 0 saturated carbocycles. The van der Waals surface area contributed by atoms with E-state index in [1.807, 2.05) is 27.7 Å². The molecule has 0 spiro atoms. The monoisotopic (exact) mass is 313 g/mol. The van der Waals surface area contributed by atoms with E-state index in [2.05, 4.69) is 20.4 Å². The highest BCUT2D eigenvalue weighted by Gasteiger charge is 2.33. The van der Waals surface area contributed by atoms with Crippen molar-refractivity contribution in [3.05, 3.63) is 0 Å². The normalized spacial score (nSPS) is 18.4. The van der Waals surface area contributed by atoms with Crippen molar-refractivity contribution < 1.29 is 9.53 Å². The van der Waals surface area contributed by atoms with Crippen LogP contribution in [-0.2, 0) is 4.74 Å². The molecule has 0 unspecified atom stereocenters. The first-order valence-corrected chi connectivity index (χ1v) is 7.84. The van der Waals surface area contributed by atoms with Gasteiger partial charge in [0.05, 0.1) is 0 Å². The van der Waals surface area contributed by atoms with Gasteiger partial charge in [-0.25, -0.2) is 4.79 Å². The Morgan fingerprint density at radius 1 is 1.38 bits per heavy atom. The molecular weight excluding hydrogens is 290 g/mol. The number of carbonyl (C=O) groups excluding carboxylic acids is 1. The lowest BCUT2D eigenvalue weighted by Gasteiger charge is -2.39. The number of nitrogens with two attached hydrogens (primary N) is 1. The number of piperidine rings is 1. The molecule has 0 aromatic carbocycles. The predicted molar refractivity (Wildman–Crippen MR) is 83.5 cm³/mol. The summed E-state index contributed by atoms with van der Waals surface area (Å²) >= 11 is 1.39. The maximum atomic E-state index is 11.9. The summed E-state index contributed by atoms with van der Waals surface area (Å²) in [6.07, 6.45) is 1.29. The molecule has 1 aliphatic heterocycles. The van der Waals surface area contributed by atoms with Crippen LogP contribution in [-0.4, -0.2) is 40.5 Å². The molecule has 1 aliphatic rings. The minimum atomic E-state index is -0.481. The number of anilines is 2. The van der Waals surface area contributed by atoms with Gasteiger partial charge in [0.25, 0.3) is 0 Å². The van der Waals surface area contributed by atoms with Gasteiger partial charge in [0.1, 0.15) is 5.60 Å². The Bertz CT molecular complexity index is 503. The fourth-order valence-electron chi connectivity index (χ4n) is 2.22. The number of aromatic nitrogens is 2. The second-order valence-corrected chi connectivity index (χ2v) is 7.59. The van der Waals surface area contributed by atoms with E-state index >= 15 is 0 Å². The van der Waals surface area contributed by atoms with Crippen LogP contribution in [0, 0.1) is 0 Å². The molecule has 21 heavy (non-hydrogen) atoms. The average molecular weight is 313 g/mol. The lowest BCUT2D eigenvalue weighted by atomic mass is 9.90. The van der Waals surface area contributed by atoms with E-state index in [1.165, 1.54) is 11.3 Å². The fourth-order valence-corrected chi connectivity index (χ4v) is 2.88. The SMILES string of the molecule is CC1(NC(=O)OC(C)(C)C)CCN(c2nnc(N)s2)CC1. The van der Waals surface area contributed by atoms with Gasteiger partial charge < -0.3 is 20.7 Å². The number of carbonyl (C=O) groups is 1. The zero-order chi connectivity index (χ0) is 15.7. The van der Waals surface area contributed by atoms with Crippen LogP contribution < -0.4 is 16.0 Å². The lowest BCUT2D eigenvalue weighted by Crippen LogP contribution is -2.54. The summed E-state index contributed by atoms with van der Waals surface area (Å²) in [6.45, 7) is 9.23. The highest BCUT2D eigenvalue weighted by Crippen LogP contribution is 2.29. The van der Waals surface area contributed by atoms with Gasteiger partial charge in [-0.05, 0) is 40.5 Å². The Morgan fingerprint density at radius 2 is 2.00 bits per heavy atom. The van der Waals surface area contributed by atoms with Crippen LogP contribution in [0.15, 0.2) is 0 Å². The summed E-state index contributed by atoms with van der Waals surface area (Å²) in [6, 6.07) is 0. The van der Waals surface area contributed by atoms with Crippen molar-refractivity contribution >= 4 is 27.7 Å². The first-order valence-electron chi connectivity index (χ1n) is 7.02. The zero-order valence-electron chi connectivity index (χ0n) is 13.0. The van der Waals surface area contributed by atoms with Crippen molar-refractivity contribution in [1.29, 1.82) is 0 Å². The highest BCUT2D eigenvalue weighted by molar-refractivity contribution is 7.18. The minimum Gasteiger partial charge on any atom is -0.444 e. The van der Waals surface area contributed by atoms with Crippen molar-refractivity contribution in [1.82, 2.24) is 15.5 Å². The summed E-state index contributed by atoms with van der Waals surface area (Å²) in [5.74, 6) is 0. The van der Waals surface area contributed by atoms with Gasteiger partial charge in [-0.2, -0.15) is 0 Å². The molecule has 8 heteroatoms. The molecule has 118 valence electrons. The Kier molecular flexibility index (Phi) is 4.27. The summed E-state index contributed by atoms with van der Waals surface area (Å²) in [4.78, 5) is 14.0. The quantitative estimate of drug-likeness (QED) is 0.867. The number of nitrogens with zero attached hydrogens (tertiary/aromatic N) is 3. The smallest absolute Gasteiger partial charge is 0.408 e. The third-order valence-electron chi connectivity index (χ3n) is 3.37. The van der Waals surface area contributed by atoms with E-state index in [0.717, 1.165) is 31.1 Å². The van der Waals surface area contributed by atoms with Crippen molar-refractivity contribution in [2.75, 3.05) is 23.7 Å². The number of nitrogens with one attached hydrogen (secondary N) is 1.